The fourth-order valence-electron chi connectivity index (χ4n) is 2.29. The van der Waals surface area contributed by atoms with E-state index in [1.165, 1.54) is 6.92 Å². The summed E-state index contributed by atoms with van der Waals surface area (Å²) in [5, 5.41) is 2.76. The van der Waals surface area contributed by atoms with Crippen molar-refractivity contribution in [2.24, 2.45) is 0 Å². The lowest BCUT2D eigenvalue weighted by Gasteiger charge is -2.20. The molecule has 6 heteroatoms. The van der Waals surface area contributed by atoms with Crippen LogP contribution in [-0.4, -0.2) is 25.6 Å². The lowest BCUT2D eigenvalue weighted by atomic mass is 10.1. The number of carbonyl (C=O) groups is 2. The molecule has 24 heavy (non-hydrogen) atoms. The molecule has 0 unspecified atom stereocenters. The lowest BCUT2D eigenvalue weighted by Crippen LogP contribution is -2.43. The van der Waals surface area contributed by atoms with Crippen LogP contribution in [0.15, 0.2) is 48.5 Å². The molecule has 0 heterocycles. The van der Waals surface area contributed by atoms with Crippen molar-refractivity contribution in [1.29, 1.82) is 0 Å². The highest BCUT2D eigenvalue weighted by Gasteiger charge is 2.19. The summed E-state index contributed by atoms with van der Waals surface area (Å²) >= 11 is 0. The van der Waals surface area contributed by atoms with Crippen LogP contribution in [0.1, 0.15) is 12.5 Å². The average Bonchev–Trinajstić information content (AvgIpc) is 2.57. The van der Waals surface area contributed by atoms with Crippen LogP contribution in [0.4, 0.5) is 16.2 Å². The number of carbonyl (C=O) groups excluding carboxylic acids is 2. The van der Waals surface area contributed by atoms with Crippen molar-refractivity contribution < 1.29 is 14.3 Å². The summed E-state index contributed by atoms with van der Waals surface area (Å²) in [6.45, 7) is 1.75. The second-order valence-corrected chi connectivity index (χ2v) is 5.28. The Balaban J connectivity index is 1.98. The number of amides is 3. The van der Waals surface area contributed by atoms with Crippen molar-refractivity contribution in [2.75, 3.05) is 24.3 Å². The van der Waals surface area contributed by atoms with Gasteiger partial charge in [0.2, 0.25) is 5.91 Å². The maximum atomic E-state index is 12.3. The van der Waals surface area contributed by atoms with Gasteiger partial charge in [-0.15, -0.1) is 0 Å². The molecule has 0 atom stereocenters. The molecule has 2 aromatic carbocycles. The molecular weight excluding hydrogens is 306 g/mol. The summed E-state index contributed by atoms with van der Waals surface area (Å²) in [7, 11) is 1.61. The van der Waals surface area contributed by atoms with Crippen molar-refractivity contribution in [3.63, 3.8) is 0 Å². The molecule has 0 saturated carbocycles. The van der Waals surface area contributed by atoms with E-state index in [4.69, 9.17) is 10.5 Å². The summed E-state index contributed by atoms with van der Waals surface area (Å²) < 4.78 is 5.17. The van der Waals surface area contributed by atoms with Gasteiger partial charge >= 0.3 is 6.03 Å². The normalized spacial score (nSPS) is 10.1. The highest BCUT2D eigenvalue weighted by molar-refractivity contribution is 6.13. The van der Waals surface area contributed by atoms with Gasteiger partial charge in [0.15, 0.2) is 0 Å². The standard InChI is InChI=1S/C18H21N3O3/c1-13(22)21(16-8-6-15(19)7-9-16)18(23)20-11-10-14-4-3-5-17(12-14)24-2/h3-9,12H,10-11,19H2,1-2H3,(H,20,23). The van der Waals surface area contributed by atoms with Gasteiger partial charge in [-0.25, -0.2) is 9.69 Å². The zero-order valence-corrected chi connectivity index (χ0v) is 13.8. The van der Waals surface area contributed by atoms with Gasteiger partial charge in [-0.2, -0.15) is 0 Å². The molecule has 2 rings (SSSR count). The quantitative estimate of drug-likeness (QED) is 0.827. The Labute approximate surface area is 141 Å². The first-order valence-electron chi connectivity index (χ1n) is 7.58. The number of ether oxygens (including phenoxy) is 1. The van der Waals surface area contributed by atoms with Gasteiger partial charge in [-0.3, -0.25) is 4.79 Å². The van der Waals surface area contributed by atoms with E-state index in [9.17, 15) is 9.59 Å². The van der Waals surface area contributed by atoms with Crippen molar-refractivity contribution in [2.45, 2.75) is 13.3 Å². The van der Waals surface area contributed by atoms with Gasteiger partial charge in [-0.05, 0) is 48.4 Å². The molecular formula is C18H21N3O3. The molecule has 0 aliphatic heterocycles. The number of nitrogens with two attached hydrogens (primary N) is 1. The first kappa shape index (κ1) is 17.3. The third-order valence-electron chi connectivity index (χ3n) is 3.49. The monoisotopic (exact) mass is 327 g/mol. The van der Waals surface area contributed by atoms with Crippen LogP contribution in [0.2, 0.25) is 0 Å². The van der Waals surface area contributed by atoms with E-state index in [0.717, 1.165) is 16.2 Å². The fourth-order valence-corrected chi connectivity index (χ4v) is 2.29. The molecule has 0 spiro atoms. The largest absolute Gasteiger partial charge is 0.497 e. The lowest BCUT2D eigenvalue weighted by molar-refractivity contribution is -0.115. The van der Waals surface area contributed by atoms with Crippen molar-refractivity contribution in [1.82, 2.24) is 5.32 Å². The Morgan fingerprint density at radius 3 is 2.50 bits per heavy atom. The Kier molecular flexibility index (Phi) is 5.78. The number of rotatable bonds is 5. The number of methoxy groups -OCH3 is 1. The molecule has 0 aliphatic carbocycles. The minimum absolute atomic E-state index is 0.362. The highest BCUT2D eigenvalue weighted by atomic mass is 16.5. The fraction of sp³-hybridized carbons (Fsp3) is 0.222. The summed E-state index contributed by atoms with van der Waals surface area (Å²) in [4.78, 5) is 25.2. The smallest absolute Gasteiger partial charge is 0.328 e. The number of benzene rings is 2. The van der Waals surface area contributed by atoms with Gasteiger partial charge in [0.1, 0.15) is 5.75 Å². The molecule has 6 nitrogen and oxygen atoms in total. The first-order valence-corrected chi connectivity index (χ1v) is 7.58. The third-order valence-corrected chi connectivity index (χ3v) is 3.49. The maximum absolute atomic E-state index is 12.3. The molecule has 126 valence electrons. The van der Waals surface area contributed by atoms with Crippen LogP contribution < -0.4 is 20.7 Å². The number of anilines is 2. The van der Waals surface area contributed by atoms with Crippen LogP contribution in [0.25, 0.3) is 0 Å². The Morgan fingerprint density at radius 2 is 1.88 bits per heavy atom. The Morgan fingerprint density at radius 1 is 1.17 bits per heavy atom. The summed E-state index contributed by atoms with van der Waals surface area (Å²) in [5.74, 6) is 0.407. The molecule has 0 saturated heterocycles. The molecule has 3 amide bonds. The average molecular weight is 327 g/mol. The van der Waals surface area contributed by atoms with E-state index in [2.05, 4.69) is 5.32 Å². The minimum Gasteiger partial charge on any atom is -0.497 e. The second-order valence-electron chi connectivity index (χ2n) is 5.28. The zero-order chi connectivity index (χ0) is 17.5. The van der Waals surface area contributed by atoms with E-state index >= 15 is 0 Å². The van der Waals surface area contributed by atoms with Crippen molar-refractivity contribution in [3.8, 4) is 5.75 Å². The number of urea groups is 1. The number of nitrogen functional groups attached to an aromatic ring is 1. The van der Waals surface area contributed by atoms with Crippen LogP contribution >= 0.6 is 0 Å². The molecule has 3 N–H and O–H groups in total. The third kappa shape index (κ3) is 4.49. The van der Waals surface area contributed by atoms with Crippen LogP contribution in [0.3, 0.4) is 0 Å². The van der Waals surface area contributed by atoms with Crippen LogP contribution in [0.5, 0.6) is 5.75 Å². The zero-order valence-electron chi connectivity index (χ0n) is 13.8. The Hall–Kier alpha value is -3.02. The van der Waals surface area contributed by atoms with E-state index in [-0.39, 0.29) is 5.91 Å². The van der Waals surface area contributed by atoms with Gasteiger partial charge in [0, 0.05) is 19.2 Å². The summed E-state index contributed by atoms with van der Waals surface area (Å²) in [6.07, 6.45) is 0.635. The number of imide groups is 1. The molecule has 0 bridgehead atoms. The van der Waals surface area contributed by atoms with Crippen LogP contribution in [-0.2, 0) is 11.2 Å². The number of nitrogens with one attached hydrogen (secondary N) is 1. The topological polar surface area (TPSA) is 84.7 Å². The minimum atomic E-state index is -0.463. The van der Waals surface area contributed by atoms with E-state index in [1.807, 2.05) is 24.3 Å². The molecule has 2 aromatic rings. The first-order chi connectivity index (χ1) is 11.5. The SMILES string of the molecule is COc1cccc(CCNC(=O)N(C(C)=O)c2ccc(N)cc2)c1. The second kappa shape index (κ2) is 8.01. The van der Waals surface area contributed by atoms with Gasteiger partial charge < -0.3 is 15.8 Å². The van der Waals surface area contributed by atoms with E-state index < -0.39 is 6.03 Å². The maximum Gasteiger partial charge on any atom is 0.328 e. The van der Waals surface area contributed by atoms with Gasteiger partial charge in [0.05, 0.1) is 12.8 Å². The molecule has 0 fully saturated rings. The molecule has 0 aliphatic rings. The predicted octanol–water partition coefficient (Wildman–Crippen LogP) is 2.58. The van der Waals surface area contributed by atoms with Crippen molar-refractivity contribution >= 4 is 23.3 Å². The van der Waals surface area contributed by atoms with Crippen molar-refractivity contribution in [3.05, 3.63) is 54.1 Å². The highest BCUT2D eigenvalue weighted by Crippen LogP contribution is 2.17. The van der Waals surface area contributed by atoms with Gasteiger partial charge in [0.25, 0.3) is 0 Å². The number of hydrogen-bond acceptors (Lipinski definition) is 4. The Bertz CT molecular complexity index is 714. The van der Waals surface area contributed by atoms with Crippen LogP contribution in [0, 0.1) is 0 Å². The summed E-state index contributed by atoms with van der Waals surface area (Å²) in [6, 6.07) is 13.7. The number of hydrogen-bond donors (Lipinski definition) is 2. The predicted molar refractivity (Wildman–Crippen MR) is 94.1 cm³/mol. The summed E-state index contributed by atoms with van der Waals surface area (Å²) in [5.41, 5.74) is 7.72. The van der Waals surface area contributed by atoms with E-state index in [1.54, 1.807) is 31.4 Å². The number of nitrogens with zero attached hydrogens (tertiary/aromatic N) is 1. The molecule has 0 radical (unpaired) electrons. The van der Waals surface area contributed by atoms with Gasteiger partial charge in [-0.1, -0.05) is 12.1 Å². The molecule has 0 aromatic heterocycles. The van der Waals surface area contributed by atoms with E-state index in [0.29, 0.717) is 24.3 Å².